The van der Waals surface area contributed by atoms with E-state index in [1.807, 2.05) is 30.9 Å². The Morgan fingerprint density at radius 1 is 1.24 bits per heavy atom. The van der Waals surface area contributed by atoms with Gasteiger partial charge in [0, 0.05) is 31.2 Å². The highest BCUT2D eigenvalue weighted by Gasteiger charge is 2.08. The van der Waals surface area contributed by atoms with Crippen LogP contribution in [0.1, 0.15) is 29.8 Å². The van der Waals surface area contributed by atoms with Crippen molar-refractivity contribution in [1.82, 2.24) is 20.1 Å². The van der Waals surface area contributed by atoms with Gasteiger partial charge in [-0.3, -0.25) is 4.68 Å². The van der Waals surface area contributed by atoms with Gasteiger partial charge in [0.2, 0.25) is 0 Å². The van der Waals surface area contributed by atoms with E-state index in [1.165, 1.54) is 11.1 Å². The Bertz CT molecular complexity index is 746. The van der Waals surface area contributed by atoms with Crippen molar-refractivity contribution in [3.63, 3.8) is 0 Å². The molecule has 0 saturated carbocycles. The van der Waals surface area contributed by atoms with Crippen LogP contribution in [0.4, 0.5) is 0 Å². The Balaban J connectivity index is 1.75. The van der Waals surface area contributed by atoms with Gasteiger partial charge in [-0.25, -0.2) is 4.98 Å². The van der Waals surface area contributed by atoms with Gasteiger partial charge in [0.05, 0.1) is 5.69 Å². The number of nitrogens with one attached hydrogen (secondary N) is 1. The molecule has 0 fully saturated rings. The fraction of sp³-hybridized carbons (Fsp3) is 0.294. The lowest BCUT2D eigenvalue weighted by Crippen LogP contribution is -2.18. The third kappa shape index (κ3) is 2.81. The van der Waals surface area contributed by atoms with Crippen LogP contribution in [0.15, 0.2) is 42.6 Å². The smallest absolute Gasteiger partial charge is 0.157 e. The number of fused-ring (bicyclic) bond motifs is 1. The lowest BCUT2D eigenvalue weighted by molar-refractivity contribution is 0.574. The summed E-state index contributed by atoms with van der Waals surface area (Å²) in [5.74, 6) is 0. The second kappa shape index (κ2) is 5.66. The van der Waals surface area contributed by atoms with Crippen LogP contribution in [0.25, 0.3) is 11.0 Å². The number of hydrogen-bond acceptors (Lipinski definition) is 3. The molecule has 3 rings (SSSR count). The third-order valence-electron chi connectivity index (χ3n) is 3.83. The van der Waals surface area contributed by atoms with Crippen molar-refractivity contribution >= 4 is 11.0 Å². The highest BCUT2D eigenvalue weighted by atomic mass is 15.3. The lowest BCUT2D eigenvalue weighted by Gasteiger charge is -2.14. The molecule has 1 aromatic carbocycles. The highest BCUT2D eigenvalue weighted by Crippen LogP contribution is 2.17. The second-order valence-electron chi connectivity index (χ2n) is 5.44. The molecule has 0 radical (unpaired) electrons. The van der Waals surface area contributed by atoms with Crippen molar-refractivity contribution in [2.75, 3.05) is 0 Å². The van der Waals surface area contributed by atoms with Gasteiger partial charge in [0.15, 0.2) is 5.65 Å². The quantitative estimate of drug-likeness (QED) is 0.798. The van der Waals surface area contributed by atoms with Crippen LogP contribution in [0.2, 0.25) is 0 Å². The summed E-state index contributed by atoms with van der Waals surface area (Å²) in [4.78, 5) is 4.51. The first-order valence-electron chi connectivity index (χ1n) is 7.21. The summed E-state index contributed by atoms with van der Waals surface area (Å²) in [5, 5.41) is 9.08. The molecule has 0 spiro atoms. The molecule has 108 valence electrons. The summed E-state index contributed by atoms with van der Waals surface area (Å²) in [6.45, 7) is 5.00. The molecule has 0 amide bonds. The van der Waals surface area contributed by atoms with Gasteiger partial charge in [-0.2, -0.15) is 5.10 Å². The molecule has 1 N–H and O–H groups in total. The van der Waals surface area contributed by atoms with Crippen molar-refractivity contribution in [2.24, 2.45) is 7.05 Å². The monoisotopic (exact) mass is 280 g/mol. The van der Waals surface area contributed by atoms with Gasteiger partial charge >= 0.3 is 0 Å². The predicted octanol–water partition coefficient (Wildman–Crippen LogP) is 3.13. The van der Waals surface area contributed by atoms with Crippen molar-refractivity contribution in [3.05, 3.63) is 59.4 Å². The maximum atomic E-state index is 4.51. The minimum absolute atomic E-state index is 0.317. The van der Waals surface area contributed by atoms with E-state index in [9.17, 15) is 0 Å². The standard InChI is InChI=1S/C17H20N4/c1-12(15-7-5-4-6-8-15)18-10-14-9-16-13(2)20-21(3)17(16)19-11-14/h4-9,11-12,18H,10H2,1-3H3/t12-/m1/s1. The number of aromatic nitrogens is 3. The van der Waals surface area contributed by atoms with Crippen LogP contribution in [0.3, 0.4) is 0 Å². The summed E-state index contributed by atoms with van der Waals surface area (Å²) in [6, 6.07) is 13.0. The average molecular weight is 280 g/mol. The number of pyridine rings is 1. The van der Waals surface area contributed by atoms with E-state index >= 15 is 0 Å². The molecule has 4 nitrogen and oxygen atoms in total. The van der Waals surface area contributed by atoms with E-state index in [1.54, 1.807) is 0 Å². The number of aryl methyl sites for hydroxylation is 2. The van der Waals surface area contributed by atoms with Crippen molar-refractivity contribution in [3.8, 4) is 0 Å². The number of hydrogen-bond donors (Lipinski definition) is 1. The molecule has 3 aromatic rings. The fourth-order valence-electron chi connectivity index (χ4n) is 2.58. The summed E-state index contributed by atoms with van der Waals surface area (Å²) in [5.41, 5.74) is 4.44. The molecule has 1 atom stereocenters. The molecule has 0 bridgehead atoms. The number of benzene rings is 1. The van der Waals surface area contributed by atoms with Gasteiger partial charge in [-0.1, -0.05) is 30.3 Å². The van der Waals surface area contributed by atoms with Gasteiger partial charge in [-0.15, -0.1) is 0 Å². The lowest BCUT2D eigenvalue weighted by atomic mass is 10.1. The zero-order chi connectivity index (χ0) is 14.8. The van der Waals surface area contributed by atoms with Crippen LogP contribution in [0.5, 0.6) is 0 Å². The van der Waals surface area contributed by atoms with Crippen LogP contribution in [-0.4, -0.2) is 14.8 Å². The largest absolute Gasteiger partial charge is 0.306 e. The Morgan fingerprint density at radius 3 is 2.76 bits per heavy atom. The molecular formula is C17H20N4. The topological polar surface area (TPSA) is 42.7 Å². The molecule has 0 aliphatic rings. The predicted molar refractivity (Wildman–Crippen MR) is 84.9 cm³/mol. The summed E-state index contributed by atoms with van der Waals surface area (Å²) in [7, 11) is 1.93. The van der Waals surface area contributed by atoms with E-state index in [0.29, 0.717) is 6.04 Å². The Hall–Kier alpha value is -2.20. The highest BCUT2D eigenvalue weighted by molar-refractivity contribution is 5.78. The minimum Gasteiger partial charge on any atom is -0.306 e. The molecule has 2 aromatic heterocycles. The number of nitrogens with zero attached hydrogens (tertiary/aromatic N) is 3. The van der Waals surface area contributed by atoms with E-state index in [4.69, 9.17) is 0 Å². The van der Waals surface area contributed by atoms with Gasteiger partial charge in [0.1, 0.15) is 0 Å². The van der Waals surface area contributed by atoms with Crippen LogP contribution >= 0.6 is 0 Å². The zero-order valence-corrected chi connectivity index (χ0v) is 12.7. The SMILES string of the molecule is Cc1nn(C)c2ncc(CN[C@H](C)c3ccccc3)cc12. The van der Waals surface area contributed by atoms with E-state index in [-0.39, 0.29) is 0 Å². The second-order valence-corrected chi connectivity index (χ2v) is 5.44. The third-order valence-corrected chi connectivity index (χ3v) is 3.83. The first-order chi connectivity index (χ1) is 10.1. The van der Waals surface area contributed by atoms with Gasteiger partial charge < -0.3 is 5.32 Å². The van der Waals surface area contributed by atoms with Gasteiger partial charge in [-0.05, 0) is 31.0 Å². The first-order valence-corrected chi connectivity index (χ1v) is 7.21. The molecule has 0 aliphatic carbocycles. The normalized spacial score (nSPS) is 12.7. The minimum atomic E-state index is 0.317. The summed E-state index contributed by atoms with van der Waals surface area (Å²) in [6.07, 6.45) is 1.92. The molecule has 0 saturated heterocycles. The molecule has 21 heavy (non-hydrogen) atoms. The summed E-state index contributed by atoms with van der Waals surface area (Å²) >= 11 is 0. The van der Waals surface area contributed by atoms with E-state index in [2.05, 4.69) is 52.7 Å². The first kappa shape index (κ1) is 13.8. The van der Waals surface area contributed by atoms with Crippen LogP contribution in [-0.2, 0) is 13.6 Å². The zero-order valence-electron chi connectivity index (χ0n) is 12.7. The van der Waals surface area contributed by atoms with Crippen molar-refractivity contribution in [1.29, 1.82) is 0 Å². The van der Waals surface area contributed by atoms with Gasteiger partial charge in [0.25, 0.3) is 0 Å². The molecule has 4 heteroatoms. The summed E-state index contributed by atoms with van der Waals surface area (Å²) < 4.78 is 1.83. The molecule has 2 heterocycles. The Labute approximate surface area is 124 Å². The van der Waals surface area contributed by atoms with Crippen molar-refractivity contribution in [2.45, 2.75) is 26.4 Å². The Kier molecular flexibility index (Phi) is 3.71. The maximum Gasteiger partial charge on any atom is 0.157 e. The van der Waals surface area contributed by atoms with Crippen molar-refractivity contribution < 1.29 is 0 Å². The maximum absolute atomic E-state index is 4.51. The Morgan fingerprint density at radius 2 is 2.00 bits per heavy atom. The average Bonchev–Trinajstić information content (AvgIpc) is 2.80. The van der Waals surface area contributed by atoms with Crippen LogP contribution < -0.4 is 5.32 Å². The van der Waals surface area contributed by atoms with E-state index in [0.717, 1.165) is 23.3 Å². The fourth-order valence-corrected chi connectivity index (χ4v) is 2.58. The van der Waals surface area contributed by atoms with E-state index < -0.39 is 0 Å². The molecule has 0 unspecified atom stereocenters. The number of rotatable bonds is 4. The van der Waals surface area contributed by atoms with Crippen LogP contribution in [0, 0.1) is 6.92 Å². The molecule has 0 aliphatic heterocycles. The molecular weight excluding hydrogens is 260 g/mol.